The monoisotopic (exact) mass is 525 g/mol. The van der Waals surface area contributed by atoms with Gasteiger partial charge in [-0.1, -0.05) is 19.1 Å². The fraction of sp³-hybridized carbons (Fsp3) is 0.517. The standard InChI is InChI=1S/C29H35NO8/c1-7-11-30(12-8-2)14-17-23-26(34)25(33)22-18-9-10-20(32)28(18,4)13-19(37-16(3)31)24(22)29(23,5)21(15-36-6)38-27(17)35/h7-8,14,18-19,21,34H,1-2,9-13,15H2,3-6H3/b17-14-. The maximum absolute atomic E-state index is 14.0. The number of fused-ring (bicyclic) bond motifs is 4. The van der Waals surface area contributed by atoms with Gasteiger partial charge in [0, 0.05) is 68.6 Å². The number of ether oxygens (including phenoxy) is 3. The first-order chi connectivity index (χ1) is 17.9. The predicted octanol–water partition coefficient (Wildman–Crippen LogP) is 3.13. The van der Waals surface area contributed by atoms with Crippen molar-refractivity contribution in [1.82, 2.24) is 4.90 Å². The maximum atomic E-state index is 14.0. The highest BCUT2D eigenvalue weighted by Crippen LogP contribution is 2.62. The molecule has 0 aromatic carbocycles. The fourth-order valence-corrected chi connectivity index (χ4v) is 6.78. The van der Waals surface area contributed by atoms with Gasteiger partial charge in [-0.05, 0) is 18.9 Å². The lowest BCUT2D eigenvalue weighted by atomic mass is 9.53. The van der Waals surface area contributed by atoms with Crippen LogP contribution in [-0.4, -0.2) is 72.5 Å². The zero-order valence-electron chi connectivity index (χ0n) is 22.4. The average Bonchev–Trinajstić information content (AvgIpc) is 3.13. The van der Waals surface area contributed by atoms with Gasteiger partial charge in [0.15, 0.2) is 5.76 Å². The first kappa shape index (κ1) is 27.6. The van der Waals surface area contributed by atoms with Crippen LogP contribution in [0.2, 0.25) is 0 Å². The summed E-state index contributed by atoms with van der Waals surface area (Å²) in [6.45, 7) is 13.0. The first-order valence-corrected chi connectivity index (χ1v) is 12.8. The van der Waals surface area contributed by atoms with Gasteiger partial charge in [-0.25, -0.2) is 4.79 Å². The van der Waals surface area contributed by atoms with E-state index in [4.69, 9.17) is 14.2 Å². The molecule has 0 spiro atoms. The molecule has 9 heteroatoms. The molecular weight excluding hydrogens is 490 g/mol. The van der Waals surface area contributed by atoms with Crippen LogP contribution in [-0.2, 0) is 33.4 Å². The Morgan fingerprint density at radius 1 is 1.21 bits per heavy atom. The van der Waals surface area contributed by atoms with E-state index < -0.39 is 52.4 Å². The molecule has 4 aliphatic rings. The Morgan fingerprint density at radius 3 is 2.45 bits per heavy atom. The minimum absolute atomic E-state index is 0.00740. The second-order valence-electron chi connectivity index (χ2n) is 10.7. The van der Waals surface area contributed by atoms with Crippen LogP contribution in [0.4, 0.5) is 0 Å². The summed E-state index contributed by atoms with van der Waals surface area (Å²) in [6.07, 6.45) is 3.89. The highest BCUT2D eigenvalue weighted by molar-refractivity contribution is 6.14. The van der Waals surface area contributed by atoms with Gasteiger partial charge in [-0.3, -0.25) is 14.4 Å². The number of cyclic esters (lactones) is 1. The smallest absolute Gasteiger partial charge is 0.340 e. The largest absolute Gasteiger partial charge is 0.504 e. The highest BCUT2D eigenvalue weighted by atomic mass is 16.6. The number of aliphatic hydroxyl groups excluding tert-OH is 1. The number of hydrogen-bond donors (Lipinski definition) is 1. The summed E-state index contributed by atoms with van der Waals surface area (Å²) in [6, 6.07) is 0. The van der Waals surface area contributed by atoms with Crippen molar-refractivity contribution < 1.29 is 38.5 Å². The summed E-state index contributed by atoms with van der Waals surface area (Å²) < 4.78 is 17.1. The van der Waals surface area contributed by atoms with Gasteiger partial charge in [0.2, 0.25) is 5.78 Å². The van der Waals surface area contributed by atoms with Gasteiger partial charge >= 0.3 is 11.9 Å². The molecule has 38 heavy (non-hydrogen) atoms. The summed E-state index contributed by atoms with van der Waals surface area (Å²) in [7, 11) is 1.46. The van der Waals surface area contributed by atoms with E-state index in [1.54, 1.807) is 30.9 Å². The van der Waals surface area contributed by atoms with Crippen LogP contribution in [0.5, 0.6) is 0 Å². The third-order valence-electron chi connectivity index (χ3n) is 8.46. The summed E-state index contributed by atoms with van der Waals surface area (Å²) in [4.78, 5) is 54.3. The molecule has 4 rings (SSSR count). The zero-order valence-corrected chi connectivity index (χ0v) is 22.4. The van der Waals surface area contributed by atoms with Gasteiger partial charge in [0.25, 0.3) is 0 Å². The van der Waals surface area contributed by atoms with E-state index in [0.29, 0.717) is 25.1 Å². The van der Waals surface area contributed by atoms with Crippen LogP contribution in [0, 0.1) is 16.7 Å². The van der Waals surface area contributed by atoms with Gasteiger partial charge in [-0.15, -0.1) is 13.2 Å². The lowest BCUT2D eigenvalue weighted by Gasteiger charge is -2.53. The summed E-state index contributed by atoms with van der Waals surface area (Å²) in [5.74, 6) is -2.99. The number of ketones is 2. The molecule has 0 aromatic rings. The number of nitrogens with zero attached hydrogens (tertiary/aromatic N) is 1. The van der Waals surface area contributed by atoms with Crippen molar-refractivity contribution in [3.63, 3.8) is 0 Å². The van der Waals surface area contributed by atoms with E-state index >= 15 is 0 Å². The van der Waals surface area contributed by atoms with Crippen LogP contribution >= 0.6 is 0 Å². The number of aliphatic hydroxyl groups is 1. The van der Waals surface area contributed by atoms with Gasteiger partial charge in [0.05, 0.1) is 17.6 Å². The third kappa shape index (κ3) is 4.04. The Hall–Kier alpha value is -3.46. The van der Waals surface area contributed by atoms with Gasteiger partial charge in [0.1, 0.15) is 18.0 Å². The number of hydrogen-bond acceptors (Lipinski definition) is 9. The zero-order chi connectivity index (χ0) is 28.0. The minimum atomic E-state index is -1.27. The Bertz CT molecular complexity index is 1200. The molecule has 1 aliphatic heterocycles. The minimum Gasteiger partial charge on any atom is -0.504 e. The van der Waals surface area contributed by atoms with Crippen molar-refractivity contribution in [1.29, 1.82) is 0 Å². The molecule has 5 unspecified atom stereocenters. The van der Waals surface area contributed by atoms with Crippen molar-refractivity contribution >= 4 is 23.5 Å². The number of allylic oxidation sites excluding steroid dienone is 1. The van der Waals surface area contributed by atoms with E-state index in [1.807, 2.05) is 0 Å². The number of Topliss-reactive ketones (excluding diaryl/α,β-unsaturated/α-hetero) is 2. The van der Waals surface area contributed by atoms with E-state index in [9.17, 15) is 24.3 Å². The normalized spacial score (nSPS) is 33.4. The van der Waals surface area contributed by atoms with Crippen LogP contribution in [0.1, 0.15) is 40.0 Å². The molecule has 204 valence electrons. The Labute approximate surface area is 222 Å². The molecular formula is C29H35NO8. The van der Waals surface area contributed by atoms with Crippen molar-refractivity contribution in [2.75, 3.05) is 26.8 Å². The van der Waals surface area contributed by atoms with E-state index in [-0.39, 0.29) is 42.0 Å². The molecule has 1 saturated carbocycles. The second-order valence-corrected chi connectivity index (χ2v) is 10.7. The lowest BCUT2D eigenvalue weighted by Crippen LogP contribution is -2.57. The van der Waals surface area contributed by atoms with Gasteiger partial charge < -0.3 is 24.2 Å². The Balaban J connectivity index is 2.02. The molecule has 9 nitrogen and oxygen atoms in total. The molecule has 2 fully saturated rings. The number of rotatable bonds is 8. The first-order valence-electron chi connectivity index (χ1n) is 12.8. The van der Waals surface area contributed by atoms with E-state index in [2.05, 4.69) is 13.2 Å². The van der Waals surface area contributed by atoms with Crippen molar-refractivity contribution in [2.45, 2.75) is 52.2 Å². The summed E-state index contributed by atoms with van der Waals surface area (Å²) in [5, 5.41) is 11.5. The number of carbonyl (C=O) groups excluding carboxylic acids is 4. The molecule has 0 bridgehead atoms. The van der Waals surface area contributed by atoms with Gasteiger partial charge in [-0.2, -0.15) is 0 Å². The van der Waals surface area contributed by atoms with Crippen molar-refractivity contribution in [3.05, 3.63) is 59.6 Å². The SMILES string of the molecule is C=CCN(/C=C1\C(=O)OC(COC)C2(C)C1=C(O)C(=O)C1=C2C(OC(C)=O)CC2(C)C(=O)CCC12)CC=C. The Kier molecular flexibility index (Phi) is 7.27. The molecule has 0 aromatic heterocycles. The van der Waals surface area contributed by atoms with E-state index in [0.717, 1.165) is 0 Å². The lowest BCUT2D eigenvalue weighted by molar-refractivity contribution is -0.160. The fourth-order valence-electron chi connectivity index (χ4n) is 6.78. The molecule has 5 atom stereocenters. The van der Waals surface area contributed by atoms with Crippen LogP contribution < -0.4 is 0 Å². The topological polar surface area (TPSA) is 119 Å². The molecule has 1 N–H and O–H groups in total. The van der Waals surface area contributed by atoms with Crippen LogP contribution in [0.3, 0.4) is 0 Å². The third-order valence-corrected chi connectivity index (χ3v) is 8.46. The quantitative estimate of drug-likeness (QED) is 0.290. The van der Waals surface area contributed by atoms with Crippen molar-refractivity contribution in [2.24, 2.45) is 16.7 Å². The molecule has 1 saturated heterocycles. The Morgan fingerprint density at radius 2 is 1.87 bits per heavy atom. The molecule has 1 heterocycles. The second kappa shape index (κ2) is 10.0. The maximum Gasteiger partial charge on any atom is 0.340 e. The average molecular weight is 526 g/mol. The van der Waals surface area contributed by atoms with Crippen LogP contribution in [0.25, 0.3) is 0 Å². The van der Waals surface area contributed by atoms with Crippen LogP contribution in [0.15, 0.2) is 59.6 Å². The van der Waals surface area contributed by atoms with E-state index in [1.165, 1.54) is 20.2 Å². The summed E-state index contributed by atoms with van der Waals surface area (Å²) in [5.41, 5.74) is -1.35. The number of methoxy groups -OCH3 is 1. The number of esters is 2. The van der Waals surface area contributed by atoms with Crippen molar-refractivity contribution in [3.8, 4) is 0 Å². The molecule has 3 aliphatic carbocycles. The summed E-state index contributed by atoms with van der Waals surface area (Å²) >= 11 is 0. The molecule has 0 radical (unpaired) electrons. The number of carbonyl (C=O) groups is 4. The molecule has 0 amide bonds. The highest BCUT2D eigenvalue weighted by Gasteiger charge is 2.64. The predicted molar refractivity (Wildman–Crippen MR) is 138 cm³/mol.